The van der Waals surface area contributed by atoms with Gasteiger partial charge in [-0.25, -0.2) is 4.79 Å². The van der Waals surface area contributed by atoms with E-state index in [1.807, 2.05) is 48.5 Å². The Kier molecular flexibility index (Phi) is 5.12. The van der Waals surface area contributed by atoms with Crippen molar-refractivity contribution in [3.63, 3.8) is 0 Å². The molecule has 0 heterocycles. The van der Waals surface area contributed by atoms with Crippen molar-refractivity contribution in [3.05, 3.63) is 76.8 Å². The van der Waals surface area contributed by atoms with Gasteiger partial charge >= 0.3 is 6.03 Å². The van der Waals surface area contributed by atoms with E-state index < -0.39 is 6.03 Å². The van der Waals surface area contributed by atoms with Crippen molar-refractivity contribution in [2.24, 2.45) is 0 Å². The zero-order valence-electron chi connectivity index (χ0n) is 13.0. The molecule has 0 unspecified atom stereocenters. The third kappa shape index (κ3) is 4.24. The zero-order valence-corrected chi connectivity index (χ0v) is 14.5. The Balaban J connectivity index is 1.73. The molecule has 0 radical (unpaired) electrons. The van der Waals surface area contributed by atoms with Crippen molar-refractivity contribution < 1.29 is 9.90 Å². The van der Waals surface area contributed by atoms with Gasteiger partial charge < -0.3 is 15.7 Å². The SMILES string of the molecule is O=C(Nc1cccc(-c2ccccc2)c1)Nc1cc(Cl)c(O)c(Cl)c1. The van der Waals surface area contributed by atoms with Crippen LogP contribution in [0.2, 0.25) is 10.0 Å². The first kappa shape index (κ1) is 17.1. The first-order valence-corrected chi connectivity index (χ1v) is 8.20. The van der Waals surface area contributed by atoms with E-state index in [1.165, 1.54) is 12.1 Å². The van der Waals surface area contributed by atoms with E-state index in [2.05, 4.69) is 10.6 Å². The summed E-state index contributed by atoms with van der Waals surface area (Å²) in [6.45, 7) is 0. The van der Waals surface area contributed by atoms with Gasteiger partial charge in [0.1, 0.15) is 0 Å². The number of rotatable bonds is 3. The second kappa shape index (κ2) is 7.47. The molecule has 0 bridgehead atoms. The first-order chi connectivity index (χ1) is 12.0. The highest BCUT2D eigenvalue weighted by atomic mass is 35.5. The number of phenolic OH excluding ortho intramolecular Hbond substituents is 1. The van der Waals surface area contributed by atoms with Crippen LogP contribution < -0.4 is 10.6 Å². The molecule has 3 aromatic carbocycles. The molecule has 0 aromatic heterocycles. The van der Waals surface area contributed by atoms with Gasteiger partial charge in [-0.1, -0.05) is 65.7 Å². The van der Waals surface area contributed by atoms with E-state index in [4.69, 9.17) is 23.2 Å². The van der Waals surface area contributed by atoms with E-state index in [1.54, 1.807) is 6.07 Å². The Morgan fingerprint density at radius 3 is 2.04 bits per heavy atom. The Bertz CT molecular complexity index is 891. The minimum absolute atomic E-state index is 0.0638. The average Bonchev–Trinajstić information content (AvgIpc) is 2.60. The van der Waals surface area contributed by atoms with Crippen molar-refractivity contribution in [2.75, 3.05) is 10.6 Å². The monoisotopic (exact) mass is 372 g/mol. The molecule has 0 aliphatic rings. The van der Waals surface area contributed by atoms with Gasteiger partial charge in [0.15, 0.2) is 5.75 Å². The van der Waals surface area contributed by atoms with Crippen LogP contribution in [0.15, 0.2) is 66.7 Å². The summed E-state index contributed by atoms with van der Waals surface area (Å²) in [6.07, 6.45) is 0. The van der Waals surface area contributed by atoms with Crippen LogP contribution in [0.4, 0.5) is 16.2 Å². The lowest BCUT2D eigenvalue weighted by atomic mass is 10.1. The van der Waals surface area contributed by atoms with Crippen LogP contribution >= 0.6 is 23.2 Å². The van der Waals surface area contributed by atoms with Gasteiger partial charge in [-0.3, -0.25) is 0 Å². The summed E-state index contributed by atoms with van der Waals surface area (Å²) in [4.78, 5) is 12.2. The summed E-state index contributed by atoms with van der Waals surface area (Å²) >= 11 is 11.7. The highest BCUT2D eigenvalue weighted by Gasteiger charge is 2.09. The molecule has 0 spiro atoms. The van der Waals surface area contributed by atoms with Crippen LogP contribution in [-0.2, 0) is 0 Å². The Morgan fingerprint density at radius 2 is 1.36 bits per heavy atom. The second-order valence-corrected chi connectivity index (χ2v) is 6.13. The molecule has 3 N–H and O–H groups in total. The maximum atomic E-state index is 12.2. The summed E-state index contributed by atoms with van der Waals surface area (Å²) in [7, 11) is 0. The smallest absolute Gasteiger partial charge is 0.323 e. The molecule has 2 amide bonds. The third-order valence-electron chi connectivity index (χ3n) is 3.50. The maximum Gasteiger partial charge on any atom is 0.323 e. The lowest BCUT2D eigenvalue weighted by molar-refractivity contribution is 0.262. The normalized spacial score (nSPS) is 10.3. The van der Waals surface area contributed by atoms with E-state index in [0.717, 1.165) is 11.1 Å². The molecule has 0 fully saturated rings. The lowest BCUT2D eigenvalue weighted by Crippen LogP contribution is -2.19. The maximum absolute atomic E-state index is 12.2. The molecule has 0 aliphatic carbocycles. The number of hydrogen-bond donors (Lipinski definition) is 3. The number of aromatic hydroxyl groups is 1. The number of phenols is 1. The van der Waals surface area contributed by atoms with E-state index in [9.17, 15) is 9.90 Å². The van der Waals surface area contributed by atoms with Gasteiger partial charge in [0.2, 0.25) is 0 Å². The van der Waals surface area contributed by atoms with Crippen molar-refractivity contribution in [2.45, 2.75) is 0 Å². The molecule has 3 rings (SSSR count). The molecule has 0 aliphatic heterocycles. The fourth-order valence-corrected chi connectivity index (χ4v) is 2.83. The Morgan fingerprint density at radius 1 is 0.760 bits per heavy atom. The number of carbonyl (C=O) groups excluding carboxylic acids is 1. The van der Waals surface area contributed by atoms with Crippen molar-refractivity contribution in [1.82, 2.24) is 0 Å². The quantitative estimate of drug-likeness (QED) is 0.493. The summed E-state index contributed by atoms with van der Waals surface area (Å²) in [5.74, 6) is -0.218. The number of nitrogens with one attached hydrogen (secondary N) is 2. The van der Waals surface area contributed by atoms with Crippen molar-refractivity contribution in [1.29, 1.82) is 0 Å². The van der Waals surface area contributed by atoms with Gasteiger partial charge in [-0.2, -0.15) is 0 Å². The number of amides is 2. The molecular weight excluding hydrogens is 359 g/mol. The summed E-state index contributed by atoms with van der Waals surface area (Å²) < 4.78 is 0. The molecule has 3 aromatic rings. The topological polar surface area (TPSA) is 61.4 Å². The summed E-state index contributed by atoms with van der Waals surface area (Å²) in [6, 6.07) is 19.8. The van der Waals surface area contributed by atoms with Gasteiger partial charge in [0.25, 0.3) is 0 Å². The molecular formula is C19H14Cl2N2O2. The standard InChI is InChI=1S/C19H14Cl2N2O2/c20-16-10-15(11-17(21)18(16)24)23-19(25)22-14-8-4-7-13(9-14)12-5-2-1-3-6-12/h1-11,24H,(H2,22,23,25). The number of urea groups is 1. The van der Waals surface area contributed by atoms with Crippen LogP contribution in [0.5, 0.6) is 5.75 Å². The van der Waals surface area contributed by atoms with Crippen LogP contribution in [0.3, 0.4) is 0 Å². The lowest BCUT2D eigenvalue weighted by Gasteiger charge is -2.10. The predicted octanol–water partition coefficient (Wildman–Crippen LogP) is 6.01. The summed E-state index contributed by atoms with van der Waals surface area (Å²) in [5.41, 5.74) is 3.08. The van der Waals surface area contributed by atoms with Gasteiger partial charge in [0, 0.05) is 11.4 Å². The molecule has 0 saturated carbocycles. The van der Waals surface area contributed by atoms with Crippen molar-refractivity contribution in [3.8, 4) is 16.9 Å². The zero-order chi connectivity index (χ0) is 17.8. The number of halogens is 2. The second-order valence-electron chi connectivity index (χ2n) is 5.31. The number of hydrogen-bond acceptors (Lipinski definition) is 2. The highest BCUT2D eigenvalue weighted by molar-refractivity contribution is 6.37. The molecule has 25 heavy (non-hydrogen) atoms. The molecule has 0 saturated heterocycles. The minimum Gasteiger partial charge on any atom is -0.505 e. The number of carbonyl (C=O) groups is 1. The number of anilines is 2. The Hall–Kier alpha value is -2.69. The van der Waals surface area contributed by atoms with E-state index >= 15 is 0 Å². The van der Waals surface area contributed by atoms with Gasteiger partial charge in [-0.05, 0) is 35.4 Å². The molecule has 126 valence electrons. The number of benzene rings is 3. The predicted molar refractivity (Wildman–Crippen MR) is 103 cm³/mol. The first-order valence-electron chi connectivity index (χ1n) is 7.44. The van der Waals surface area contributed by atoms with Crippen LogP contribution in [0.1, 0.15) is 0 Å². The minimum atomic E-state index is -0.442. The van der Waals surface area contributed by atoms with Crippen LogP contribution in [-0.4, -0.2) is 11.1 Å². The molecule has 4 nitrogen and oxygen atoms in total. The molecule has 0 atom stereocenters. The summed E-state index contributed by atoms with van der Waals surface area (Å²) in [5, 5.41) is 15.1. The van der Waals surface area contributed by atoms with Gasteiger partial charge in [0.05, 0.1) is 10.0 Å². The van der Waals surface area contributed by atoms with E-state index in [0.29, 0.717) is 11.4 Å². The average molecular weight is 373 g/mol. The highest BCUT2D eigenvalue weighted by Crippen LogP contribution is 2.34. The fraction of sp³-hybridized carbons (Fsp3) is 0. The van der Waals surface area contributed by atoms with Crippen LogP contribution in [0.25, 0.3) is 11.1 Å². The Labute approximate surface area is 155 Å². The third-order valence-corrected chi connectivity index (χ3v) is 4.08. The fourth-order valence-electron chi connectivity index (χ4n) is 2.34. The van der Waals surface area contributed by atoms with Crippen molar-refractivity contribution >= 4 is 40.6 Å². The van der Waals surface area contributed by atoms with Crippen LogP contribution in [0, 0.1) is 0 Å². The largest absolute Gasteiger partial charge is 0.505 e. The van der Waals surface area contributed by atoms with Gasteiger partial charge in [-0.15, -0.1) is 0 Å². The molecule has 6 heteroatoms. The van der Waals surface area contributed by atoms with E-state index in [-0.39, 0.29) is 15.8 Å².